The number of sulfone groups is 1. The quantitative estimate of drug-likeness (QED) is 0.620. The lowest BCUT2D eigenvalue weighted by atomic mass is 10.2. The lowest BCUT2D eigenvalue weighted by Crippen LogP contribution is -2.36. The largest absolute Gasteiger partial charge is 0.480 e. The van der Waals surface area contributed by atoms with Crippen LogP contribution in [0.25, 0.3) is 0 Å². The van der Waals surface area contributed by atoms with Crippen molar-refractivity contribution < 1.29 is 23.2 Å². The van der Waals surface area contributed by atoms with Crippen molar-refractivity contribution in [2.75, 3.05) is 17.7 Å². The van der Waals surface area contributed by atoms with E-state index in [1.54, 1.807) is 13.8 Å². The van der Waals surface area contributed by atoms with E-state index >= 15 is 0 Å². The Morgan fingerprint density at radius 3 is 2.38 bits per heavy atom. The summed E-state index contributed by atoms with van der Waals surface area (Å²) in [7, 11) is -3.80. The van der Waals surface area contributed by atoms with Crippen molar-refractivity contribution in [1.29, 1.82) is 0 Å². The van der Waals surface area contributed by atoms with E-state index in [2.05, 4.69) is 0 Å². The highest BCUT2D eigenvalue weighted by Crippen LogP contribution is 2.35. The lowest BCUT2D eigenvalue weighted by molar-refractivity contribution is -0.387. The summed E-state index contributed by atoms with van der Waals surface area (Å²) in [5.74, 6) is -1.16. The number of rotatable bonds is 6. The number of para-hydroxylation sites is 1. The van der Waals surface area contributed by atoms with Crippen molar-refractivity contribution in [2.45, 2.75) is 24.8 Å². The highest BCUT2D eigenvalue weighted by atomic mass is 32.2. The van der Waals surface area contributed by atoms with Crippen LogP contribution >= 0.6 is 0 Å². The van der Waals surface area contributed by atoms with Gasteiger partial charge in [-0.2, -0.15) is 0 Å². The Labute approximate surface area is 122 Å². The van der Waals surface area contributed by atoms with Crippen molar-refractivity contribution >= 4 is 27.2 Å². The number of nitro benzene ring substituents is 1. The van der Waals surface area contributed by atoms with Crippen molar-refractivity contribution in [3.63, 3.8) is 0 Å². The molecule has 21 heavy (non-hydrogen) atoms. The van der Waals surface area contributed by atoms with Crippen molar-refractivity contribution in [3.05, 3.63) is 28.3 Å². The molecule has 0 aromatic heterocycles. The lowest BCUT2D eigenvalue weighted by Gasteiger charge is -2.27. The molecule has 9 heteroatoms. The standard InChI is InChI=1S/C12H16N2O6S/c1-8(2)13(7-11(15)16)9-5-4-6-10(21(3,19)20)12(9)14(17)18/h4-6,8H,7H2,1-3H3,(H,15,16). The number of aliphatic carboxylic acids is 1. The van der Waals surface area contributed by atoms with Crippen LogP contribution in [0.5, 0.6) is 0 Å². The molecule has 0 radical (unpaired) electrons. The summed E-state index contributed by atoms with van der Waals surface area (Å²) in [6.07, 6.45) is 0.871. The number of hydrogen-bond donors (Lipinski definition) is 1. The average molecular weight is 316 g/mol. The Morgan fingerprint density at radius 2 is 2.00 bits per heavy atom. The van der Waals surface area contributed by atoms with Crippen molar-refractivity contribution in [2.24, 2.45) is 0 Å². The second kappa shape index (κ2) is 6.08. The first-order valence-electron chi connectivity index (χ1n) is 6.01. The van der Waals surface area contributed by atoms with Crippen LogP contribution in [-0.4, -0.2) is 43.3 Å². The second-order valence-corrected chi connectivity index (χ2v) is 6.75. The molecule has 0 fully saturated rings. The molecule has 0 heterocycles. The molecule has 1 aromatic rings. The molecule has 0 bridgehead atoms. The van der Waals surface area contributed by atoms with Crippen molar-refractivity contribution in [1.82, 2.24) is 0 Å². The highest BCUT2D eigenvalue weighted by molar-refractivity contribution is 7.90. The normalized spacial score (nSPS) is 11.4. The summed E-state index contributed by atoms with van der Waals surface area (Å²) in [5, 5.41) is 20.2. The van der Waals surface area contributed by atoms with Gasteiger partial charge in [0.2, 0.25) is 0 Å². The molecule has 0 atom stereocenters. The van der Waals surface area contributed by atoms with Crippen LogP contribution in [0.1, 0.15) is 13.8 Å². The predicted molar refractivity (Wildman–Crippen MR) is 76.3 cm³/mol. The Hall–Kier alpha value is -2.16. The number of anilines is 1. The maximum Gasteiger partial charge on any atom is 0.323 e. The summed E-state index contributed by atoms with van der Waals surface area (Å²) in [6.45, 7) is 2.87. The zero-order valence-corrected chi connectivity index (χ0v) is 12.6. The fraction of sp³-hybridized carbons (Fsp3) is 0.417. The number of benzene rings is 1. The zero-order valence-electron chi connectivity index (χ0n) is 11.8. The third-order valence-corrected chi connectivity index (χ3v) is 3.93. The van der Waals surface area contributed by atoms with E-state index < -0.39 is 37.9 Å². The van der Waals surface area contributed by atoms with E-state index in [-0.39, 0.29) is 11.7 Å². The van der Waals surface area contributed by atoms with Gasteiger partial charge in [-0.25, -0.2) is 8.42 Å². The number of carboxylic acid groups (broad SMARTS) is 1. The molecule has 1 N–H and O–H groups in total. The van der Waals surface area contributed by atoms with Gasteiger partial charge in [0.1, 0.15) is 17.1 Å². The summed E-state index contributed by atoms with van der Waals surface area (Å²) in [4.78, 5) is 22.2. The Balaban J connectivity index is 3.62. The Morgan fingerprint density at radius 1 is 1.43 bits per heavy atom. The number of carboxylic acids is 1. The summed E-state index contributed by atoms with van der Waals surface area (Å²) >= 11 is 0. The van der Waals surface area contributed by atoms with Crippen LogP contribution < -0.4 is 4.90 Å². The third-order valence-electron chi connectivity index (χ3n) is 2.80. The molecular weight excluding hydrogens is 300 g/mol. The van der Waals surface area contributed by atoms with Gasteiger partial charge >= 0.3 is 11.7 Å². The van der Waals surface area contributed by atoms with Gasteiger partial charge in [0.05, 0.1) is 4.92 Å². The molecule has 0 unspecified atom stereocenters. The van der Waals surface area contributed by atoms with E-state index in [9.17, 15) is 23.3 Å². The number of hydrogen-bond acceptors (Lipinski definition) is 6. The van der Waals surface area contributed by atoms with Gasteiger partial charge < -0.3 is 10.0 Å². The van der Waals surface area contributed by atoms with Gasteiger partial charge in [0.15, 0.2) is 9.84 Å². The molecule has 0 aliphatic carbocycles. The van der Waals surface area contributed by atoms with Crippen LogP contribution in [0.2, 0.25) is 0 Å². The van der Waals surface area contributed by atoms with Crippen LogP contribution in [0, 0.1) is 10.1 Å². The highest BCUT2D eigenvalue weighted by Gasteiger charge is 2.30. The average Bonchev–Trinajstić information content (AvgIpc) is 2.33. The first-order chi connectivity index (χ1) is 9.55. The summed E-state index contributed by atoms with van der Waals surface area (Å²) < 4.78 is 23.4. The molecule has 0 saturated heterocycles. The molecule has 1 rings (SSSR count). The predicted octanol–water partition coefficient (Wildman–Crippen LogP) is 1.30. The van der Waals surface area contributed by atoms with E-state index in [0.29, 0.717) is 0 Å². The SMILES string of the molecule is CC(C)N(CC(=O)O)c1cccc(S(C)(=O)=O)c1[N+](=O)[O-]. The number of nitrogens with zero attached hydrogens (tertiary/aromatic N) is 2. The molecule has 0 spiro atoms. The fourth-order valence-electron chi connectivity index (χ4n) is 1.92. The first-order valence-corrected chi connectivity index (χ1v) is 7.90. The van der Waals surface area contributed by atoms with Gasteiger partial charge in [-0.05, 0) is 26.0 Å². The number of nitro groups is 1. The minimum Gasteiger partial charge on any atom is -0.480 e. The molecule has 0 aliphatic rings. The van der Waals surface area contributed by atoms with E-state index in [1.165, 1.54) is 17.0 Å². The number of carbonyl (C=O) groups is 1. The summed E-state index contributed by atoms with van der Waals surface area (Å²) in [5.41, 5.74) is -0.629. The Kier molecular flexibility index (Phi) is 4.89. The van der Waals surface area contributed by atoms with Crippen LogP contribution in [0.4, 0.5) is 11.4 Å². The van der Waals surface area contributed by atoms with Gasteiger partial charge in [-0.3, -0.25) is 14.9 Å². The molecule has 1 aromatic carbocycles. The maximum absolute atomic E-state index is 11.7. The molecule has 8 nitrogen and oxygen atoms in total. The smallest absolute Gasteiger partial charge is 0.323 e. The topological polar surface area (TPSA) is 118 Å². The van der Waals surface area contributed by atoms with Crippen LogP contribution in [0.15, 0.2) is 23.1 Å². The van der Waals surface area contributed by atoms with Gasteiger partial charge in [0.25, 0.3) is 0 Å². The van der Waals surface area contributed by atoms with Gasteiger partial charge in [0, 0.05) is 12.3 Å². The van der Waals surface area contributed by atoms with Crippen molar-refractivity contribution in [3.8, 4) is 0 Å². The molecule has 0 saturated carbocycles. The van der Waals surface area contributed by atoms with E-state index in [4.69, 9.17) is 5.11 Å². The summed E-state index contributed by atoms with van der Waals surface area (Å²) in [6, 6.07) is 3.48. The van der Waals surface area contributed by atoms with E-state index in [1.807, 2.05) is 0 Å². The van der Waals surface area contributed by atoms with E-state index in [0.717, 1.165) is 12.3 Å². The van der Waals surface area contributed by atoms with Gasteiger partial charge in [-0.15, -0.1) is 0 Å². The second-order valence-electron chi connectivity index (χ2n) is 4.77. The van der Waals surface area contributed by atoms with Gasteiger partial charge in [-0.1, -0.05) is 6.07 Å². The molecule has 0 amide bonds. The molecule has 0 aliphatic heterocycles. The molecular formula is C12H16N2O6S. The molecule has 116 valence electrons. The third kappa shape index (κ3) is 3.91. The monoisotopic (exact) mass is 316 g/mol. The first kappa shape index (κ1) is 16.9. The van der Waals surface area contributed by atoms with Crippen LogP contribution in [0.3, 0.4) is 0 Å². The zero-order chi connectivity index (χ0) is 16.4. The minimum atomic E-state index is -3.80. The maximum atomic E-state index is 11.7. The fourth-order valence-corrected chi connectivity index (χ4v) is 2.77. The minimum absolute atomic E-state index is 0.0275. The Bertz CT molecular complexity index is 668. The van der Waals surface area contributed by atoms with Crippen LogP contribution in [-0.2, 0) is 14.6 Å².